The molecule has 1 saturated heterocycles. The third kappa shape index (κ3) is 3.58. The number of carbonyl (C=O) groups excluding carboxylic acids is 1. The molecule has 1 aliphatic heterocycles. The van der Waals surface area contributed by atoms with E-state index in [1.54, 1.807) is 32.2 Å². The Hall–Kier alpha value is -3.48. The van der Waals surface area contributed by atoms with E-state index in [-0.39, 0.29) is 11.9 Å². The second kappa shape index (κ2) is 8.49. The smallest absolute Gasteiger partial charge is 0.278 e. The van der Waals surface area contributed by atoms with Crippen LogP contribution in [-0.2, 0) is 0 Å². The Kier molecular flexibility index (Phi) is 5.61. The van der Waals surface area contributed by atoms with Gasteiger partial charge in [-0.05, 0) is 37.1 Å². The van der Waals surface area contributed by atoms with Crippen molar-refractivity contribution < 1.29 is 19.0 Å². The van der Waals surface area contributed by atoms with E-state index in [1.807, 2.05) is 53.4 Å². The van der Waals surface area contributed by atoms with Crippen LogP contribution < -0.4 is 14.2 Å². The normalized spacial score (nSPS) is 15.8. The van der Waals surface area contributed by atoms with E-state index in [1.165, 1.54) is 0 Å². The van der Waals surface area contributed by atoms with E-state index in [0.717, 1.165) is 29.8 Å². The van der Waals surface area contributed by atoms with Crippen LogP contribution in [0.25, 0.3) is 5.69 Å². The number of hydrogen-bond acceptors (Lipinski definition) is 5. The maximum Gasteiger partial charge on any atom is 0.278 e. The highest BCUT2D eigenvalue weighted by atomic mass is 16.5. The van der Waals surface area contributed by atoms with Crippen LogP contribution in [0.1, 0.15) is 34.9 Å². The van der Waals surface area contributed by atoms with Gasteiger partial charge in [-0.15, -0.1) is 0 Å². The number of rotatable bonds is 6. The van der Waals surface area contributed by atoms with Crippen LogP contribution >= 0.6 is 0 Å². The van der Waals surface area contributed by atoms with Gasteiger partial charge in [0.25, 0.3) is 5.91 Å². The lowest BCUT2D eigenvalue weighted by molar-refractivity contribution is 0.0724. The van der Waals surface area contributed by atoms with E-state index >= 15 is 0 Å². The second-order valence-corrected chi connectivity index (χ2v) is 7.09. The molecule has 1 atom stereocenters. The largest absolute Gasteiger partial charge is 0.497 e. The van der Waals surface area contributed by atoms with Crippen molar-refractivity contribution in [3.05, 3.63) is 66.0 Å². The van der Waals surface area contributed by atoms with Gasteiger partial charge < -0.3 is 19.1 Å². The summed E-state index contributed by atoms with van der Waals surface area (Å²) < 4.78 is 18.0. The molecule has 7 nitrogen and oxygen atoms in total. The average molecular weight is 407 g/mol. The van der Waals surface area contributed by atoms with E-state index in [0.29, 0.717) is 23.7 Å². The summed E-state index contributed by atoms with van der Waals surface area (Å²) in [6.07, 6.45) is 3.51. The molecule has 156 valence electrons. The Morgan fingerprint density at radius 3 is 2.47 bits per heavy atom. The van der Waals surface area contributed by atoms with Gasteiger partial charge in [-0.2, -0.15) is 5.10 Å². The van der Waals surface area contributed by atoms with Gasteiger partial charge >= 0.3 is 0 Å². The topological polar surface area (TPSA) is 65.8 Å². The number of likely N-dealkylation sites (tertiary alicyclic amines) is 1. The monoisotopic (exact) mass is 407 g/mol. The molecule has 30 heavy (non-hydrogen) atoms. The first kappa shape index (κ1) is 19.8. The lowest BCUT2D eigenvalue weighted by Crippen LogP contribution is -2.31. The van der Waals surface area contributed by atoms with Crippen LogP contribution in [0, 0.1) is 0 Å². The maximum atomic E-state index is 13.5. The van der Waals surface area contributed by atoms with Gasteiger partial charge in [-0.25, -0.2) is 4.68 Å². The van der Waals surface area contributed by atoms with Crippen molar-refractivity contribution in [2.24, 2.45) is 0 Å². The van der Waals surface area contributed by atoms with E-state index in [9.17, 15) is 4.79 Å². The molecule has 0 bridgehead atoms. The number of amides is 1. The molecule has 2 heterocycles. The minimum Gasteiger partial charge on any atom is -0.497 e. The Balaban J connectivity index is 1.67. The zero-order chi connectivity index (χ0) is 21.1. The molecule has 4 rings (SSSR count). The molecule has 3 aromatic rings. The van der Waals surface area contributed by atoms with Gasteiger partial charge in [0.2, 0.25) is 0 Å². The van der Waals surface area contributed by atoms with Crippen LogP contribution in [0.5, 0.6) is 17.2 Å². The standard InChI is InChI=1S/C23H25N3O4/c1-28-17-11-12-18(20(14-17)29-2)19-10-7-13-25(19)23(27)22-21(30-3)15-26(24-22)16-8-5-4-6-9-16/h4-6,8-9,11-12,14-15,19H,7,10,13H2,1-3H3. The summed E-state index contributed by atoms with van der Waals surface area (Å²) in [7, 11) is 4.80. The third-order valence-electron chi connectivity index (χ3n) is 5.44. The molecular formula is C23H25N3O4. The van der Waals surface area contributed by atoms with Gasteiger partial charge in [0.1, 0.15) is 11.5 Å². The van der Waals surface area contributed by atoms with Gasteiger partial charge in [0, 0.05) is 18.2 Å². The number of methoxy groups -OCH3 is 3. The van der Waals surface area contributed by atoms with Gasteiger partial charge in [0.15, 0.2) is 11.4 Å². The van der Waals surface area contributed by atoms with Crippen LogP contribution in [0.2, 0.25) is 0 Å². The molecule has 7 heteroatoms. The van der Waals surface area contributed by atoms with Gasteiger partial charge in [-0.3, -0.25) is 4.79 Å². The number of ether oxygens (including phenoxy) is 3. The summed E-state index contributed by atoms with van der Waals surface area (Å²) in [5.41, 5.74) is 2.14. The Morgan fingerprint density at radius 2 is 1.77 bits per heavy atom. The molecular weight excluding hydrogens is 382 g/mol. The zero-order valence-electron chi connectivity index (χ0n) is 17.4. The third-order valence-corrected chi connectivity index (χ3v) is 5.44. The van der Waals surface area contributed by atoms with E-state index in [2.05, 4.69) is 5.10 Å². The number of aromatic nitrogens is 2. The quantitative estimate of drug-likeness (QED) is 0.621. The summed E-state index contributed by atoms with van der Waals surface area (Å²) in [5, 5.41) is 4.54. The van der Waals surface area contributed by atoms with Crippen LogP contribution in [-0.4, -0.2) is 48.5 Å². The van der Waals surface area contributed by atoms with Crippen LogP contribution in [0.15, 0.2) is 54.7 Å². The highest BCUT2D eigenvalue weighted by molar-refractivity contribution is 5.95. The fraction of sp³-hybridized carbons (Fsp3) is 0.304. The average Bonchev–Trinajstić information content (AvgIpc) is 3.46. The molecule has 1 unspecified atom stereocenters. The molecule has 2 aromatic carbocycles. The first-order chi connectivity index (χ1) is 14.7. The van der Waals surface area contributed by atoms with Crippen molar-refractivity contribution in [3.63, 3.8) is 0 Å². The van der Waals surface area contributed by atoms with Crippen molar-refractivity contribution in [2.45, 2.75) is 18.9 Å². The molecule has 1 fully saturated rings. The maximum absolute atomic E-state index is 13.5. The van der Waals surface area contributed by atoms with E-state index in [4.69, 9.17) is 14.2 Å². The first-order valence-electron chi connectivity index (χ1n) is 9.88. The number of nitrogens with zero attached hydrogens (tertiary/aromatic N) is 3. The highest BCUT2D eigenvalue weighted by Gasteiger charge is 2.35. The summed E-state index contributed by atoms with van der Waals surface area (Å²) in [5.74, 6) is 1.73. The Morgan fingerprint density at radius 1 is 1.00 bits per heavy atom. The van der Waals surface area contributed by atoms with Crippen molar-refractivity contribution >= 4 is 5.91 Å². The van der Waals surface area contributed by atoms with Crippen LogP contribution in [0.4, 0.5) is 0 Å². The SMILES string of the molecule is COc1ccc(C2CCCN2C(=O)c2nn(-c3ccccc3)cc2OC)c(OC)c1. The highest BCUT2D eigenvalue weighted by Crippen LogP contribution is 2.40. The lowest BCUT2D eigenvalue weighted by Gasteiger charge is -2.26. The molecule has 0 saturated carbocycles. The molecule has 0 N–H and O–H groups in total. The molecule has 0 aliphatic carbocycles. The molecule has 0 spiro atoms. The zero-order valence-corrected chi connectivity index (χ0v) is 17.4. The predicted molar refractivity (Wildman–Crippen MR) is 113 cm³/mol. The summed E-state index contributed by atoms with van der Waals surface area (Å²) in [4.78, 5) is 15.3. The Labute approximate surface area is 175 Å². The number of carbonyl (C=O) groups is 1. The Bertz CT molecular complexity index is 1030. The minimum atomic E-state index is -0.151. The van der Waals surface area contributed by atoms with Crippen molar-refractivity contribution in [3.8, 4) is 22.9 Å². The molecule has 1 aromatic heterocycles. The van der Waals surface area contributed by atoms with Crippen molar-refractivity contribution in [1.82, 2.24) is 14.7 Å². The predicted octanol–water partition coefficient (Wildman–Crippen LogP) is 3.88. The fourth-order valence-corrected chi connectivity index (χ4v) is 3.93. The first-order valence-corrected chi connectivity index (χ1v) is 9.88. The van der Waals surface area contributed by atoms with Crippen LogP contribution in [0.3, 0.4) is 0 Å². The summed E-state index contributed by atoms with van der Waals surface area (Å²) >= 11 is 0. The van der Waals surface area contributed by atoms with Crippen molar-refractivity contribution in [1.29, 1.82) is 0 Å². The fourth-order valence-electron chi connectivity index (χ4n) is 3.93. The van der Waals surface area contributed by atoms with Crippen molar-refractivity contribution in [2.75, 3.05) is 27.9 Å². The van der Waals surface area contributed by atoms with Gasteiger partial charge in [-0.1, -0.05) is 18.2 Å². The lowest BCUT2D eigenvalue weighted by atomic mass is 10.0. The molecule has 1 aliphatic rings. The summed E-state index contributed by atoms with van der Waals surface area (Å²) in [6, 6.07) is 15.3. The second-order valence-electron chi connectivity index (χ2n) is 7.09. The number of para-hydroxylation sites is 1. The number of hydrogen-bond donors (Lipinski definition) is 0. The molecule has 1 amide bonds. The molecule has 0 radical (unpaired) electrons. The van der Waals surface area contributed by atoms with E-state index < -0.39 is 0 Å². The summed E-state index contributed by atoms with van der Waals surface area (Å²) in [6.45, 7) is 0.653. The number of benzene rings is 2. The van der Waals surface area contributed by atoms with Gasteiger partial charge in [0.05, 0.1) is 39.3 Å². The minimum absolute atomic E-state index is 0.0927.